The standard InChI is InChI=1S/C20H29FN2O2/c1-2-20(24)23(19-9-13-25-14-10-19)18-7-11-22(12-8-18)15-16-3-5-17(21)6-4-16/h3-6,18-19H,2,7-15H2,1H3. The Labute approximate surface area is 149 Å². The van der Waals surface area contributed by atoms with Gasteiger partial charge < -0.3 is 9.64 Å². The molecule has 2 aliphatic rings. The number of likely N-dealkylation sites (tertiary alicyclic amines) is 1. The molecule has 0 N–H and O–H groups in total. The number of amides is 1. The van der Waals surface area contributed by atoms with Crippen LogP contribution in [0.2, 0.25) is 0 Å². The number of piperidine rings is 1. The Hall–Kier alpha value is -1.46. The number of carbonyl (C=O) groups excluding carboxylic acids is 1. The summed E-state index contributed by atoms with van der Waals surface area (Å²) in [6, 6.07) is 7.45. The minimum Gasteiger partial charge on any atom is -0.381 e. The van der Waals surface area contributed by atoms with Crippen LogP contribution < -0.4 is 0 Å². The first kappa shape index (κ1) is 18.3. The fourth-order valence-electron chi connectivity index (χ4n) is 4.05. The van der Waals surface area contributed by atoms with Crippen LogP contribution >= 0.6 is 0 Å². The third-order valence-corrected chi connectivity index (χ3v) is 5.44. The maximum atomic E-state index is 13.0. The Balaban J connectivity index is 1.56. The van der Waals surface area contributed by atoms with Gasteiger partial charge in [-0.25, -0.2) is 4.39 Å². The van der Waals surface area contributed by atoms with Crippen molar-refractivity contribution in [2.75, 3.05) is 26.3 Å². The van der Waals surface area contributed by atoms with Gasteiger partial charge in [0.1, 0.15) is 5.82 Å². The van der Waals surface area contributed by atoms with Gasteiger partial charge in [-0.2, -0.15) is 0 Å². The Morgan fingerprint density at radius 3 is 2.32 bits per heavy atom. The van der Waals surface area contributed by atoms with E-state index < -0.39 is 0 Å². The largest absolute Gasteiger partial charge is 0.381 e. The molecular formula is C20H29FN2O2. The van der Waals surface area contributed by atoms with Gasteiger partial charge in [0.2, 0.25) is 5.91 Å². The first-order chi connectivity index (χ1) is 12.2. The van der Waals surface area contributed by atoms with E-state index in [-0.39, 0.29) is 11.7 Å². The second kappa shape index (κ2) is 8.77. The SMILES string of the molecule is CCC(=O)N(C1CCOCC1)C1CCN(Cc2ccc(F)cc2)CC1. The molecule has 138 valence electrons. The quantitative estimate of drug-likeness (QED) is 0.819. The van der Waals surface area contributed by atoms with Crippen LogP contribution in [0.5, 0.6) is 0 Å². The number of rotatable bonds is 5. The predicted octanol–water partition coefficient (Wildman–Crippen LogP) is 3.21. The second-order valence-electron chi connectivity index (χ2n) is 7.13. The van der Waals surface area contributed by atoms with Crippen molar-refractivity contribution in [3.05, 3.63) is 35.6 Å². The van der Waals surface area contributed by atoms with E-state index in [4.69, 9.17) is 4.74 Å². The lowest BCUT2D eigenvalue weighted by molar-refractivity contribution is -0.139. The first-order valence-electron chi connectivity index (χ1n) is 9.53. The van der Waals surface area contributed by atoms with E-state index in [1.165, 1.54) is 12.1 Å². The lowest BCUT2D eigenvalue weighted by Gasteiger charge is -2.43. The molecule has 4 nitrogen and oxygen atoms in total. The summed E-state index contributed by atoms with van der Waals surface area (Å²) in [6.07, 6.45) is 4.53. The summed E-state index contributed by atoms with van der Waals surface area (Å²) in [7, 11) is 0. The molecule has 2 heterocycles. The van der Waals surface area contributed by atoms with Gasteiger partial charge in [-0.3, -0.25) is 9.69 Å². The van der Waals surface area contributed by atoms with E-state index in [1.807, 2.05) is 19.1 Å². The molecule has 0 atom stereocenters. The van der Waals surface area contributed by atoms with Crippen molar-refractivity contribution in [3.8, 4) is 0 Å². The van der Waals surface area contributed by atoms with Crippen molar-refractivity contribution in [2.45, 2.75) is 57.7 Å². The summed E-state index contributed by atoms with van der Waals surface area (Å²) in [5.41, 5.74) is 1.14. The molecule has 0 unspecified atom stereocenters. The average molecular weight is 348 g/mol. The van der Waals surface area contributed by atoms with Crippen LogP contribution in [-0.4, -0.2) is 54.1 Å². The molecule has 0 saturated carbocycles. The van der Waals surface area contributed by atoms with Crippen LogP contribution in [0.15, 0.2) is 24.3 Å². The van der Waals surface area contributed by atoms with E-state index in [0.29, 0.717) is 18.5 Å². The summed E-state index contributed by atoms with van der Waals surface area (Å²) >= 11 is 0. The molecule has 1 amide bonds. The number of hydrogen-bond donors (Lipinski definition) is 0. The van der Waals surface area contributed by atoms with Crippen molar-refractivity contribution >= 4 is 5.91 Å². The Kier molecular flexibility index (Phi) is 6.43. The third kappa shape index (κ3) is 4.79. The van der Waals surface area contributed by atoms with E-state index in [0.717, 1.165) is 64.1 Å². The molecule has 0 bridgehead atoms. The zero-order valence-corrected chi connectivity index (χ0v) is 15.1. The predicted molar refractivity (Wildman–Crippen MR) is 95.7 cm³/mol. The third-order valence-electron chi connectivity index (χ3n) is 5.44. The van der Waals surface area contributed by atoms with Gasteiger partial charge in [-0.05, 0) is 43.4 Å². The van der Waals surface area contributed by atoms with Crippen LogP contribution in [0, 0.1) is 5.82 Å². The van der Waals surface area contributed by atoms with Gasteiger partial charge in [0.25, 0.3) is 0 Å². The number of benzene rings is 1. The molecule has 2 aliphatic heterocycles. The monoisotopic (exact) mass is 348 g/mol. The van der Waals surface area contributed by atoms with Gasteiger partial charge in [-0.1, -0.05) is 19.1 Å². The van der Waals surface area contributed by atoms with Crippen LogP contribution in [0.3, 0.4) is 0 Å². The smallest absolute Gasteiger partial charge is 0.222 e. The first-order valence-corrected chi connectivity index (χ1v) is 9.53. The van der Waals surface area contributed by atoms with Gasteiger partial charge >= 0.3 is 0 Å². The van der Waals surface area contributed by atoms with Crippen molar-refractivity contribution in [2.24, 2.45) is 0 Å². The summed E-state index contributed by atoms with van der Waals surface area (Å²) < 4.78 is 18.5. The molecule has 0 aromatic heterocycles. The van der Waals surface area contributed by atoms with Crippen molar-refractivity contribution < 1.29 is 13.9 Å². The summed E-state index contributed by atoms with van der Waals surface area (Å²) in [5, 5.41) is 0. The maximum absolute atomic E-state index is 13.0. The van der Waals surface area contributed by atoms with Crippen LogP contribution in [0.1, 0.15) is 44.6 Å². The van der Waals surface area contributed by atoms with Crippen LogP contribution in [0.4, 0.5) is 4.39 Å². The molecule has 1 aromatic rings. The Morgan fingerprint density at radius 2 is 1.72 bits per heavy atom. The van der Waals surface area contributed by atoms with E-state index in [1.54, 1.807) is 0 Å². The van der Waals surface area contributed by atoms with Gasteiger partial charge in [0.15, 0.2) is 0 Å². The zero-order valence-electron chi connectivity index (χ0n) is 15.1. The Morgan fingerprint density at radius 1 is 1.12 bits per heavy atom. The molecule has 0 aliphatic carbocycles. The highest BCUT2D eigenvalue weighted by atomic mass is 19.1. The number of carbonyl (C=O) groups is 1. The molecule has 5 heteroatoms. The fourth-order valence-corrected chi connectivity index (χ4v) is 4.05. The highest BCUT2D eigenvalue weighted by Gasteiger charge is 2.33. The summed E-state index contributed by atoms with van der Waals surface area (Å²) in [6.45, 7) is 6.31. The minimum absolute atomic E-state index is 0.187. The van der Waals surface area contributed by atoms with Gasteiger partial charge in [0.05, 0.1) is 0 Å². The number of halogens is 1. The minimum atomic E-state index is -0.187. The Bertz CT molecular complexity index is 549. The van der Waals surface area contributed by atoms with Crippen LogP contribution in [-0.2, 0) is 16.1 Å². The lowest BCUT2D eigenvalue weighted by atomic mass is 9.97. The van der Waals surface area contributed by atoms with Crippen molar-refractivity contribution in [3.63, 3.8) is 0 Å². The highest BCUT2D eigenvalue weighted by Crippen LogP contribution is 2.25. The topological polar surface area (TPSA) is 32.8 Å². The normalized spacial score (nSPS) is 20.6. The lowest BCUT2D eigenvalue weighted by Crippen LogP contribution is -2.52. The molecule has 0 radical (unpaired) electrons. The molecule has 3 rings (SSSR count). The molecule has 0 spiro atoms. The molecule has 1 aromatic carbocycles. The van der Waals surface area contributed by atoms with E-state index in [2.05, 4.69) is 9.80 Å². The van der Waals surface area contributed by atoms with Crippen molar-refractivity contribution in [1.82, 2.24) is 9.80 Å². The number of ether oxygens (including phenoxy) is 1. The zero-order chi connectivity index (χ0) is 17.6. The number of hydrogen-bond acceptors (Lipinski definition) is 3. The number of nitrogens with zero attached hydrogens (tertiary/aromatic N) is 2. The summed E-state index contributed by atoms with van der Waals surface area (Å²) in [4.78, 5) is 17.1. The van der Waals surface area contributed by atoms with E-state index >= 15 is 0 Å². The van der Waals surface area contributed by atoms with Crippen molar-refractivity contribution in [1.29, 1.82) is 0 Å². The average Bonchev–Trinajstić information content (AvgIpc) is 2.66. The van der Waals surface area contributed by atoms with Gasteiger partial charge in [0, 0.05) is 51.4 Å². The molecule has 25 heavy (non-hydrogen) atoms. The summed E-state index contributed by atoms with van der Waals surface area (Å²) in [5.74, 6) is 0.0940. The second-order valence-corrected chi connectivity index (χ2v) is 7.13. The molecular weight excluding hydrogens is 319 g/mol. The molecule has 2 saturated heterocycles. The molecule has 2 fully saturated rings. The maximum Gasteiger partial charge on any atom is 0.222 e. The van der Waals surface area contributed by atoms with E-state index in [9.17, 15) is 9.18 Å². The highest BCUT2D eigenvalue weighted by molar-refractivity contribution is 5.76. The van der Waals surface area contributed by atoms with Gasteiger partial charge in [-0.15, -0.1) is 0 Å². The fraction of sp³-hybridized carbons (Fsp3) is 0.650. The van der Waals surface area contributed by atoms with Crippen LogP contribution in [0.25, 0.3) is 0 Å².